The zero-order valence-electron chi connectivity index (χ0n) is 10.8. The van der Waals surface area contributed by atoms with Gasteiger partial charge in [0.15, 0.2) is 0 Å². The maximum Gasteiger partial charge on any atom is 0.266 e. The summed E-state index contributed by atoms with van der Waals surface area (Å²) in [6.07, 6.45) is 7.14. The Morgan fingerprint density at radius 2 is 2.00 bits per heavy atom. The minimum absolute atomic E-state index is 0.187. The van der Waals surface area contributed by atoms with Crippen molar-refractivity contribution in [1.29, 1.82) is 0 Å². The van der Waals surface area contributed by atoms with E-state index in [-0.39, 0.29) is 6.61 Å². The van der Waals surface area contributed by atoms with Gasteiger partial charge in [-0.2, -0.15) is 4.21 Å². The summed E-state index contributed by atoms with van der Waals surface area (Å²) in [6.45, 7) is 5.12. The average molecular weight is 283 g/mol. The first-order valence-corrected chi connectivity index (χ1v) is 8.71. The summed E-state index contributed by atoms with van der Waals surface area (Å²) in [5, 5.41) is 3.34. The molecule has 17 heavy (non-hydrogen) atoms. The van der Waals surface area contributed by atoms with Crippen LogP contribution < -0.4 is 5.32 Å². The zero-order valence-corrected chi connectivity index (χ0v) is 12.4. The Morgan fingerprint density at radius 3 is 2.53 bits per heavy atom. The number of hydrogen-bond donors (Lipinski definition) is 2. The largest absolute Gasteiger partial charge is 0.312 e. The van der Waals surface area contributed by atoms with E-state index in [9.17, 15) is 4.21 Å². The monoisotopic (exact) mass is 283 g/mol. The van der Waals surface area contributed by atoms with Crippen molar-refractivity contribution >= 4 is 20.2 Å². The van der Waals surface area contributed by atoms with Gasteiger partial charge in [0, 0.05) is 23.8 Å². The fourth-order valence-electron chi connectivity index (χ4n) is 1.75. The van der Waals surface area contributed by atoms with E-state index >= 15 is 0 Å². The van der Waals surface area contributed by atoms with Gasteiger partial charge >= 0.3 is 0 Å². The molecule has 4 nitrogen and oxygen atoms in total. The highest BCUT2D eigenvalue weighted by Crippen LogP contribution is 2.08. The van der Waals surface area contributed by atoms with Crippen molar-refractivity contribution in [3.8, 4) is 0 Å². The van der Waals surface area contributed by atoms with Crippen LogP contribution in [0.25, 0.3) is 0 Å². The Bertz CT molecular complexity index is 268. The summed E-state index contributed by atoms with van der Waals surface area (Å²) < 4.78 is 24.1. The van der Waals surface area contributed by atoms with Crippen LogP contribution >= 0.6 is 0 Å². The smallest absolute Gasteiger partial charge is 0.266 e. The van der Waals surface area contributed by atoms with Gasteiger partial charge in [0.25, 0.3) is 9.05 Å². The average Bonchev–Trinajstić information content (AvgIpc) is 2.23. The molecule has 104 valence electrons. The molecule has 0 spiro atoms. The van der Waals surface area contributed by atoms with Crippen LogP contribution in [0.1, 0.15) is 52.4 Å². The molecule has 0 bridgehead atoms. The molecule has 2 atom stereocenters. The first kappa shape index (κ1) is 17.2. The number of rotatable bonds is 11. The summed E-state index contributed by atoms with van der Waals surface area (Å²) >= 11 is 4.23. The third-order valence-electron chi connectivity index (χ3n) is 2.56. The Labute approximate surface area is 110 Å². The quantitative estimate of drug-likeness (QED) is 0.571. The Morgan fingerprint density at radius 1 is 1.29 bits per heavy atom. The highest BCUT2D eigenvalue weighted by Gasteiger charge is 2.07. The van der Waals surface area contributed by atoms with Crippen molar-refractivity contribution in [3.05, 3.63) is 0 Å². The van der Waals surface area contributed by atoms with Crippen molar-refractivity contribution < 1.29 is 12.9 Å². The first-order chi connectivity index (χ1) is 7.99. The van der Waals surface area contributed by atoms with Gasteiger partial charge in [-0.25, -0.2) is 0 Å². The predicted molar refractivity (Wildman–Crippen MR) is 74.9 cm³/mol. The number of unbranched alkanes of at least 4 members (excludes halogenated alkanes) is 2. The Kier molecular flexibility index (Phi) is 10.3. The van der Waals surface area contributed by atoms with Crippen LogP contribution in [0.5, 0.6) is 0 Å². The van der Waals surface area contributed by atoms with E-state index in [0.29, 0.717) is 12.6 Å². The summed E-state index contributed by atoms with van der Waals surface area (Å²) in [5.74, 6) is 0. The normalized spacial score (nSPS) is 16.6. The van der Waals surface area contributed by atoms with Gasteiger partial charge < -0.3 is 5.32 Å². The highest BCUT2D eigenvalue weighted by atomic mass is 32.9. The van der Waals surface area contributed by atoms with Gasteiger partial charge in [0.1, 0.15) is 0 Å². The fourth-order valence-corrected chi connectivity index (χ4v) is 2.25. The van der Waals surface area contributed by atoms with Crippen LogP contribution in [0.4, 0.5) is 0 Å². The van der Waals surface area contributed by atoms with Crippen LogP contribution in [0.15, 0.2) is 0 Å². The summed E-state index contributed by atoms with van der Waals surface area (Å²) in [6, 6.07) is 0.481. The molecule has 0 aliphatic carbocycles. The van der Waals surface area contributed by atoms with Crippen molar-refractivity contribution in [2.75, 3.05) is 13.2 Å². The SMILES string of the molecule is CCCCC[C@H](CCC)NCCOS(=O)(O)=S. The molecule has 0 aliphatic rings. The minimum atomic E-state index is -3.46. The molecule has 6 heteroatoms. The van der Waals surface area contributed by atoms with E-state index in [2.05, 4.69) is 34.5 Å². The van der Waals surface area contributed by atoms with Crippen molar-refractivity contribution in [1.82, 2.24) is 5.32 Å². The highest BCUT2D eigenvalue weighted by molar-refractivity contribution is 8.27. The second-order valence-electron chi connectivity index (χ2n) is 4.19. The van der Waals surface area contributed by atoms with Gasteiger partial charge in [-0.15, -0.1) is 0 Å². The fraction of sp³-hybridized carbons (Fsp3) is 1.00. The number of hydrogen-bond acceptors (Lipinski definition) is 4. The molecule has 0 aliphatic heterocycles. The van der Waals surface area contributed by atoms with Crippen molar-refractivity contribution in [2.24, 2.45) is 0 Å². The second-order valence-corrected chi connectivity index (χ2v) is 6.54. The van der Waals surface area contributed by atoms with E-state index in [1.165, 1.54) is 19.3 Å². The minimum Gasteiger partial charge on any atom is -0.312 e. The third-order valence-corrected chi connectivity index (χ3v) is 3.31. The van der Waals surface area contributed by atoms with Crippen LogP contribution in [-0.4, -0.2) is 28.0 Å². The van der Waals surface area contributed by atoms with Gasteiger partial charge in [-0.05, 0) is 12.8 Å². The maximum atomic E-state index is 10.7. The molecule has 0 amide bonds. The summed E-state index contributed by atoms with van der Waals surface area (Å²) in [4.78, 5) is 0. The standard InChI is InChI=1S/C11H25NO3S2/c1-3-5-6-8-11(7-4-2)12-9-10-15-17(13,14)16/h11-12H,3-10H2,1-2H3,(H,13,14,16)/t11-/m0/s1. The second kappa shape index (κ2) is 10.2. The molecular formula is C11H25NO3S2. The van der Waals surface area contributed by atoms with Gasteiger partial charge in [0.05, 0.1) is 6.61 Å². The van der Waals surface area contributed by atoms with E-state index < -0.39 is 9.05 Å². The topological polar surface area (TPSA) is 58.6 Å². The molecule has 0 radical (unpaired) electrons. The van der Waals surface area contributed by atoms with Crippen molar-refractivity contribution in [2.45, 2.75) is 58.4 Å². The van der Waals surface area contributed by atoms with Gasteiger partial charge in [0.2, 0.25) is 0 Å². The van der Waals surface area contributed by atoms with Gasteiger partial charge in [-0.1, -0.05) is 39.5 Å². The summed E-state index contributed by atoms with van der Waals surface area (Å²) in [5.41, 5.74) is 0. The van der Waals surface area contributed by atoms with E-state index in [1.807, 2.05) is 0 Å². The molecule has 0 rings (SSSR count). The van der Waals surface area contributed by atoms with E-state index in [0.717, 1.165) is 19.3 Å². The molecule has 0 aromatic carbocycles. The van der Waals surface area contributed by atoms with Crippen LogP contribution in [-0.2, 0) is 24.4 Å². The lowest BCUT2D eigenvalue weighted by molar-refractivity contribution is 0.289. The lowest BCUT2D eigenvalue weighted by atomic mass is 10.0. The van der Waals surface area contributed by atoms with E-state index in [4.69, 9.17) is 4.55 Å². The zero-order chi connectivity index (χ0) is 13.1. The molecule has 1 unspecified atom stereocenters. The number of nitrogens with one attached hydrogen (secondary N) is 1. The molecule has 0 saturated carbocycles. The van der Waals surface area contributed by atoms with Crippen LogP contribution in [0.3, 0.4) is 0 Å². The lowest BCUT2D eigenvalue weighted by Gasteiger charge is -2.17. The molecule has 0 aromatic heterocycles. The van der Waals surface area contributed by atoms with Crippen molar-refractivity contribution in [3.63, 3.8) is 0 Å². The molecule has 0 fully saturated rings. The Hall–Kier alpha value is 0.250. The lowest BCUT2D eigenvalue weighted by Crippen LogP contribution is -2.32. The molecule has 0 heterocycles. The van der Waals surface area contributed by atoms with Crippen LogP contribution in [0, 0.1) is 0 Å². The molecule has 0 saturated heterocycles. The van der Waals surface area contributed by atoms with E-state index in [1.54, 1.807) is 0 Å². The Balaban J connectivity index is 3.68. The predicted octanol–water partition coefficient (Wildman–Crippen LogP) is 2.48. The third kappa shape index (κ3) is 12.5. The molecule has 2 N–H and O–H groups in total. The van der Waals surface area contributed by atoms with Gasteiger partial charge in [-0.3, -0.25) is 8.74 Å². The summed E-state index contributed by atoms with van der Waals surface area (Å²) in [7, 11) is -3.46. The van der Waals surface area contributed by atoms with Crippen LogP contribution in [0.2, 0.25) is 0 Å². The molecule has 0 aromatic rings. The first-order valence-electron chi connectivity index (χ1n) is 6.34. The molecular weight excluding hydrogens is 258 g/mol. The maximum absolute atomic E-state index is 10.7.